The lowest BCUT2D eigenvalue weighted by atomic mass is 9.78. The molecule has 2 nitrogen and oxygen atoms in total. The Morgan fingerprint density at radius 1 is 0.846 bits per heavy atom. The van der Waals surface area contributed by atoms with E-state index >= 15 is 0 Å². The van der Waals surface area contributed by atoms with Gasteiger partial charge in [0.2, 0.25) is 0 Å². The van der Waals surface area contributed by atoms with Crippen molar-refractivity contribution in [2.45, 2.75) is 55.8 Å². The molecular formula is C18H32O2S6. The first kappa shape index (κ1) is 22.7. The van der Waals surface area contributed by atoms with Gasteiger partial charge in [0.15, 0.2) is 0 Å². The Kier molecular flexibility index (Phi) is 9.97. The largest absolute Gasteiger partial charge is 0.395 e. The van der Waals surface area contributed by atoms with E-state index in [1.165, 1.54) is 25.7 Å². The van der Waals surface area contributed by atoms with Crippen LogP contribution in [0.15, 0.2) is 0 Å². The van der Waals surface area contributed by atoms with Crippen molar-refractivity contribution in [3.63, 3.8) is 0 Å². The molecule has 1 saturated carbocycles. The molecular weight excluding hydrogens is 441 g/mol. The van der Waals surface area contributed by atoms with Crippen molar-refractivity contribution in [2.24, 2.45) is 11.8 Å². The van der Waals surface area contributed by atoms with Crippen LogP contribution < -0.4 is 0 Å². The minimum absolute atomic E-state index is 0.333. The summed E-state index contributed by atoms with van der Waals surface area (Å²) in [5, 5.41) is 21.3. The number of aliphatic hydroxyl groups excluding tert-OH is 2. The quantitative estimate of drug-likeness (QED) is 0.531. The highest BCUT2D eigenvalue weighted by Gasteiger charge is 2.42. The van der Waals surface area contributed by atoms with Crippen LogP contribution in [0.5, 0.6) is 0 Å². The molecule has 8 atom stereocenters. The van der Waals surface area contributed by atoms with E-state index in [4.69, 9.17) is 0 Å². The first-order valence-corrected chi connectivity index (χ1v) is 16.1. The number of rotatable bonds is 8. The van der Waals surface area contributed by atoms with E-state index in [0.717, 1.165) is 33.8 Å². The van der Waals surface area contributed by atoms with Gasteiger partial charge < -0.3 is 10.2 Å². The molecule has 0 aromatic heterocycles. The maximum atomic E-state index is 9.49. The van der Waals surface area contributed by atoms with Crippen LogP contribution in [0.3, 0.4) is 0 Å². The Bertz CT molecular complexity index is 392. The lowest BCUT2D eigenvalue weighted by Crippen LogP contribution is -2.35. The van der Waals surface area contributed by atoms with Crippen molar-refractivity contribution < 1.29 is 10.2 Å². The molecule has 1 aliphatic carbocycles. The summed E-state index contributed by atoms with van der Waals surface area (Å²) in [5.74, 6) is 3.88. The zero-order valence-corrected chi connectivity index (χ0v) is 20.5. The molecule has 3 fully saturated rings. The number of hydrogen-bond acceptors (Lipinski definition) is 8. The van der Waals surface area contributed by atoms with E-state index < -0.39 is 0 Å². The maximum absolute atomic E-state index is 9.49. The van der Waals surface area contributed by atoms with E-state index in [-0.39, 0.29) is 0 Å². The molecule has 0 radical (unpaired) electrons. The average molecular weight is 473 g/mol. The monoisotopic (exact) mass is 472 g/mol. The molecule has 0 spiro atoms. The predicted molar refractivity (Wildman–Crippen MR) is 129 cm³/mol. The first-order valence-electron chi connectivity index (χ1n) is 9.51. The fraction of sp³-hybridized carbons (Fsp3) is 1.00. The highest BCUT2D eigenvalue weighted by Crippen LogP contribution is 2.52. The summed E-state index contributed by atoms with van der Waals surface area (Å²) < 4.78 is 1.32. The minimum Gasteiger partial charge on any atom is -0.395 e. The van der Waals surface area contributed by atoms with Gasteiger partial charge in [0.25, 0.3) is 0 Å². The molecule has 152 valence electrons. The van der Waals surface area contributed by atoms with Crippen molar-refractivity contribution in [3.05, 3.63) is 0 Å². The van der Waals surface area contributed by atoms with Gasteiger partial charge in [-0.25, -0.2) is 0 Å². The molecule has 0 aromatic carbocycles. The van der Waals surface area contributed by atoms with Gasteiger partial charge in [-0.3, -0.25) is 0 Å². The molecule has 2 aliphatic heterocycles. The SMILES string of the molecule is CSC(C1CCCC(C(SC)C2SCC(CO)S2)C1)C1SCC(CO)S1. The summed E-state index contributed by atoms with van der Waals surface area (Å²) in [4.78, 5) is 0. The van der Waals surface area contributed by atoms with Gasteiger partial charge in [0.05, 0.1) is 22.4 Å². The molecule has 3 aliphatic rings. The van der Waals surface area contributed by atoms with E-state index in [2.05, 4.69) is 59.6 Å². The molecule has 2 heterocycles. The van der Waals surface area contributed by atoms with Crippen molar-refractivity contribution in [1.29, 1.82) is 0 Å². The van der Waals surface area contributed by atoms with Crippen molar-refractivity contribution in [2.75, 3.05) is 37.2 Å². The summed E-state index contributed by atoms with van der Waals surface area (Å²) in [6.45, 7) is 0.665. The van der Waals surface area contributed by atoms with Gasteiger partial charge in [-0.1, -0.05) is 6.42 Å². The fourth-order valence-electron chi connectivity index (χ4n) is 4.39. The molecule has 0 aromatic rings. The Balaban J connectivity index is 1.60. The predicted octanol–water partition coefficient (Wildman–Crippen LogP) is 4.59. The van der Waals surface area contributed by atoms with Crippen LogP contribution in [-0.4, -0.2) is 77.6 Å². The topological polar surface area (TPSA) is 40.5 Å². The van der Waals surface area contributed by atoms with Gasteiger partial charge in [-0.15, -0.1) is 47.0 Å². The summed E-state index contributed by atoms with van der Waals surface area (Å²) in [6.07, 6.45) is 10.1. The molecule has 3 rings (SSSR count). The van der Waals surface area contributed by atoms with E-state index in [1.807, 2.05) is 23.5 Å². The second kappa shape index (κ2) is 11.4. The molecule has 0 bridgehead atoms. The fourth-order valence-corrected chi connectivity index (χ4v) is 15.0. The Morgan fingerprint density at radius 3 is 1.65 bits per heavy atom. The lowest BCUT2D eigenvalue weighted by Gasteiger charge is -2.40. The normalized spacial score (nSPS) is 40.6. The third-order valence-electron chi connectivity index (χ3n) is 5.72. The minimum atomic E-state index is 0.333. The van der Waals surface area contributed by atoms with Gasteiger partial charge in [0, 0.05) is 32.5 Å². The molecule has 2 saturated heterocycles. The van der Waals surface area contributed by atoms with Crippen LogP contribution in [0.2, 0.25) is 0 Å². The zero-order valence-electron chi connectivity index (χ0n) is 15.6. The number of aliphatic hydroxyl groups is 2. The van der Waals surface area contributed by atoms with Crippen LogP contribution >= 0.6 is 70.6 Å². The van der Waals surface area contributed by atoms with Crippen LogP contribution in [0, 0.1) is 11.8 Å². The van der Waals surface area contributed by atoms with Crippen LogP contribution in [0.25, 0.3) is 0 Å². The highest BCUT2D eigenvalue weighted by molar-refractivity contribution is 8.22. The molecule has 2 N–H and O–H groups in total. The standard InChI is InChI=1S/C18H32O2S6/c1-21-15(17-23-9-13(7-19)25-17)11-4-3-5-12(6-11)16(22-2)18-24-10-14(8-20)26-18/h11-20H,3-10H2,1-2H3. The van der Waals surface area contributed by atoms with Crippen LogP contribution in [0.1, 0.15) is 25.7 Å². The second-order valence-corrected chi connectivity index (χ2v) is 15.2. The summed E-state index contributed by atoms with van der Waals surface area (Å²) in [7, 11) is 0. The number of hydrogen-bond donors (Lipinski definition) is 2. The third-order valence-corrected chi connectivity index (χ3v) is 15.7. The van der Waals surface area contributed by atoms with Crippen LogP contribution in [-0.2, 0) is 0 Å². The first-order chi connectivity index (χ1) is 12.7. The smallest absolute Gasteiger partial charge is 0.0627 e. The molecule has 26 heavy (non-hydrogen) atoms. The highest BCUT2D eigenvalue weighted by atomic mass is 32.2. The Labute approximate surface area is 184 Å². The van der Waals surface area contributed by atoms with Gasteiger partial charge in [-0.2, -0.15) is 23.5 Å². The van der Waals surface area contributed by atoms with Crippen molar-refractivity contribution in [3.8, 4) is 0 Å². The van der Waals surface area contributed by atoms with E-state index in [9.17, 15) is 10.2 Å². The Hall–Kier alpha value is 2.02. The third kappa shape index (κ3) is 5.58. The zero-order chi connectivity index (χ0) is 18.5. The lowest BCUT2D eigenvalue weighted by molar-refractivity contribution is 0.264. The van der Waals surface area contributed by atoms with Crippen LogP contribution in [0.4, 0.5) is 0 Å². The molecule has 0 amide bonds. The summed E-state index contributed by atoms with van der Waals surface area (Å²) in [5.41, 5.74) is 0. The second-order valence-electron chi connectivity index (χ2n) is 7.37. The summed E-state index contributed by atoms with van der Waals surface area (Å²) in [6, 6.07) is 0. The van der Waals surface area contributed by atoms with Gasteiger partial charge in [0.1, 0.15) is 0 Å². The summed E-state index contributed by atoms with van der Waals surface area (Å²) >= 11 is 12.4. The Morgan fingerprint density at radius 2 is 1.31 bits per heavy atom. The van der Waals surface area contributed by atoms with E-state index in [0.29, 0.717) is 32.9 Å². The molecule has 8 unspecified atom stereocenters. The number of thioether (sulfide) groups is 6. The van der Waals surface area contributed by atoms with E-state index in [1.54, 1.807) is 0 Å². The van der Waals surface area contributed by atoms with Crippen molar-refractivity contribution >= 4 is 70.6 Å². The van der Waals surface area contributed by atoms with Gasteiger partial charge in [-0.05, 0) is 43.6 Å². The molecule has 8 heteroatoms. The van der Waals surface area contributed by atoms with Gasteiger partial charge >= 0.3 is 0 Å². The van der Waals surface area contributed by atoms with Crippen molar-refractivity contribution in [1.82, 2.24) is 0 Å². The average Bonchev–Trinajstić information content (AvgIpc) is 3.33. The maximum Gasteiger partial charge on any atom is 0.0627 e.